The van der Waals surface area contributed by atoms with E-state index in [0.717, 1.165) is 11.0 Å². The molecule has 0 N–H and O–H groups in total. The van der Waals surface area contributed by atoms with E-state index in [0.29, 0.717) is 0 Å². The molecule has 7 nitrogen and oxygen atoms in total. The van der Waals surface area contributed by atoms with Crippen molar-refractivity contribution in [3.8, 4) is 0 Å². The minimum absolute atomic E-state index is 0.0399. The molecule has 1 atom stereocenters. The summed E-state index contributed by atoms with van der Waals surface area (Å²) in [6.45, 7) is 0.613. The molecule has 4 rings (SSSR count). The molecule has 2 aliphatic rings. The topological polar surface area (TPSA) is 78.0 Å². The van der Waals surface area contributed by atoms with Crippen molar-refractivity contribution in [1.82, 2.24) is 9.21 Å². The highest BCUT2D eigenvalue weighted by Gasteiger charge is 2.45. The number of hydrogen-bond donors (Lipinski definition) is 0. The summed E-state index contributed by atoms with van der Waals surface area (Å²) in [5, 5.41) is 0.350. The summed E-state index contributed by atoms with van der Waals surface area (Å²) in [7, 11) is -3.99. The zero-order chi connectivity index (χ0) is 22.3. The molecular weight excluding hydrogens is 468 g/mol. The fourth-order valence-corrected chi connectivity index (χ4v) is 5.74. The van der Waals surface area contributed by atoms with Crippen LogP contribution in [0.15, 0.2) is 47.4 Å². The molecule has 0 unspecified atom stereocenters. The van der Waals surface area contributed by atoms with Crippen LogP contribution in [0, 0.1) is 5.82 Å². The Bertz CT molecular complexity index is 1150. The summed E-state index contributed by atoms with van der Waals surface area (Å²) in [4.78, 5) is 28.0. The van der Waals surface area contributed by atoms with Crippen molar-refractivity contribution in [1.29, 1.82) is 0 Å². The van der Waals surface area contributed by atoms with Crippen LogP contribution in [-0.4, -0.2) is 61.7 Å². The van der Waals surface area contributed by atoms with E-state index in [-0.39, 0.29) is 53.2 Å². The molecule has 2 amide bonds. The second kappa shape index (κ2) is 8.48. The van der Waals surface area contributed by atoms with Gasteiger partial charge in [-0.25, -0.2) is 17.7 Å². The highest BCUT2D eigenvalue weighted by Crippen LogP contribution is 2.36. The summed E-state index contributed by atoms with van der Waals surface area (Å²) >= 11 is 12.2. The number of halogens is 3. The number of nitrogens with zero attached hydrogens (tertiary/aromatic N) is 3. The van der Waals surface area contributed by atoms with E-state index < -0.39 is 33.7 Å². The van der Waals surface area contributed by atoms with Gasteiger partial charge in [0, 0.05) is 26.2 Å². The number of anilines is 1. The monoisotopic (exact) mass is 485 g/mol. The van der Waals surface area contributed by atoms with E-state index in [1.54, 1.807) is 23.1 Å². The molecule has 164 valence electrons. The number of carbonyl (C=O) groups excluding carboxylic acids is 2. The molecule has 2 heterocycles. The standard InChI is InChI=1S/C20H18Cl2FN3O4S/c21-13-4-3-6-15(19(13)22)26-18(27)12-16(20(26)28)24-8-10-25(11-9-24)31(29,30)17-7-2-1-5-14(17)23/h1-7,16H,8-12H2/t16-/m0/s1. The third-order valence-corrected chi connectivity index (χ3v) is 8.20. The Balaban J connectivity index is 1.48. The average Bonchev–Trinajstić information content (AvgIpc) is 3.04. The van der Waals surface area contributed by atoms with Crippen LogP contribution < -0.4 is 4.90 Å². The van der Waals surface area contributed by atoms with Crippen LogP contribution in [0.25, 0.3) is 0 Å². The van der Waals surface area contributed by atoms with Crippen LogP contribution in [0.5, 0.6) is 0 Å². The number of sulfonamides is 1. The predicted octanol–water partition coefficient (Wildman–Crippen LogP) is 2.77. The first-order valence-corrected chi connectivity index (χ1v) is 11.7. The number of imide groups is 1. The Morgan fingerprint density at radius 2 is 1.61 bits per heavy atom. The first-order valence-electron chi connectivity index (χ1n) is 9.51. The molecule has 2 aromatic carbocycles. The van der Waals surface area contributed by atoms with Crippen molar-refractivity contribution in [2.45, 2.75) is 17.4 Å². The van der Waals surface area contributed by atoms with Gasteiger partial charge in [0.1, 0.15) is 10.7 Å². The summed E-state index contributed by atoms with van der Waals surface area (Å²) in [5.74, 6) is -1.64. The molecule has 2 aliphatic heterocycles. The SMILES string of the molecule is O=C1C[C@H](N2CCN(S(=O)(=O)c3ccccc3F)CC2)C(=O)N1c1cccc(Cl)c1Cl. The third-order valence-electron chi connectivity index (χ3n) is 5.46. The van der Waals surface area contributed by atoms with Gasteiger partial charge in [0.2, 0.25) is 15.9 Å². The highest BCUT2D eigenvalue weighted by atomic mass is 35.5. The second-order valence-electron chi connectivity index (χ2n) is 7.23. The zero-order valence-corrected chi connectivity index (χ0v) is 18.5. The minimum Gasteiger partial charge on any atom is -0.289 e. The molecular formula is C20H18Cl2FN3O4S. The lowest BCUT2D eigenvalue weighted by Crippen LogP contribution is -2.53. The van der Waals surface area contributed by atoms with Gasteiger partial charge in [0.15, 0.2) is 0 Å². The quantitative estimate of drug-likeness (QED) is 0.622. The van der Waals surface area contributed by atoms with Crippen LogP contribution >= 0.6 is 23.2 Å². The minimum atomic E-state index is -3.99. The fourth-order valence-electron chi connectivity index (χ4n) is 3.87. The molecule has 31 heavy (non-hydrogen) atoms. The van der Waals surface area contributed by atoms with Gasteiger partial charge in [-0.1, -0.05) is 41.4 Å². The van der Waals surface area contributed by atoms with Gasteiger partial charge < -0.3 is 0 Å². The molecule has 0 saturated carbocycles. The van der Waals surface area contributed by atoms with Gasteiger partial charge >= 0.3 is 0 Å². The second-order valence-corrected chi connectivity index (χ2v) is 9.92. The van der Waals surface area contributed by atoms with Gasteiger partial charge in [0.05, 0.1) is 28.2 Å². The number of rotatable bonds is 4. The molecule has 0 spiro atoms. The number of benzene rings is 2. The van der Waals surface area contributed by atoms with Crippen molar-refractivity contribution in [2.24, 2.45) is 0 Å². The van der Waals surface area contributed by atoms with E-state index in [4.69, 9.17) is 23.2 Å². The Kier molecular flexibility index (Phi) is 6.06. The van der Waals surface area contributed by atoms with Crippen LogP contribution in [0.4, 0.5) is 10.1 Å². The largest absolute Gasteiger partial charge is 0.289 e. The van der Waals surface area contributed by atoms with E-state index in [1.807, 2.05) is 0 Å². The summed E-state index contributed by atoms with van der Waals surface area (Å²) in [6, 6.07) is 9.20. The maximum atomic E-state index is 14.0. The van der Waals surface area contributed by atoms with Gasteiger partial charge in [-0.2, -0.15) is 4.31 Å². The number of amides is 2. The van der Waals surface area contributed by atoms with Crippen LogP contribution in [0.2, 0.25) is 10.0 Å². The van der Waals surface area contributed by atoms with Crippen molar-refractivity contribution >= 4 is 50.7 Å². The first-order chi connectivity index (χ1) is 14.7. The van der Waals surface area contributed by atoms with E-state index in [9.17, 15) is 22.4 Å². The van der Waals surface area contributed by atoms with Gasteiger partial charge in [-0.05, 0) is 24.3 Å². The molecule has 0 aromatic heterocycles. The molecule has 2 fully saturated rings. The van der Waals surface area contributed by atoms with Crippen molar-refractivity contribution < 1.29 is 22.4 Å². The lowest BCUT2D eigenvalue weighted by atomic mass is 10.2. The lowest BCUT2D eigenvalue weighted by molar-refractivity contribution is -0.123. The molecule has 0 bridgehead atoms. The van der Waals surface area contributed by atoms with Gasteiger partial charge in [0.25, 0.3) is 5.91 Å². The number of hydrogen-bond acceptors (Lipinski definition) is 5. The van der Waals surface area contributed by atoms with Gasteiger partial charge in [-0.3, -0.25) is 14.5 Å². The summed E-state index contributed by atoms with van der Waals surface area (Å²) in [6.07, 6.45) is -0.0399. The number of piperazine rings is 1. The third kappa shape index (κ3) is 3.96. The highest BCUT2D eigenvalue weighted by molar-refractivity contribution is 7.89. The zero-order valence-electron chi connectivity index (χ0n) is 16.2. The molecule has 0 radical (unpaired) electrons. The lowest BCUT2D eigenvalue weighted by Gasteiger charge is -2.36. The van der Waals surface area contributed by atoms with E-state index in [2.05, 4.69) is 0 Å². The Hall–Kier alpha value is -2.04. The molecule has 0 aliphatic carbocycles. The molecule has 2 aromatic rings. The Morgan fingerprint density at radius 3 is 2.29 bits per heavy atom. The fraction of sp³-hybridized carbons (Fsp3) is 0.300. The number of carbonyl (C=O) groups is 2. The molecule has 11 heteroatoms. The Labute approximate surface area is 189 Å². The normalized spacial score (nSPS) is 21.1. The van der Waals surface area contributed by atoms with E-state index >= 15 is 0 Å². The summed E-state index contributed by atoms with van der Waals surface area (Å²) in [5.41, 5.74) is 0.229. The maximum absolute atomic E-state index is 14.0. The smallest absolute Gasteiger partial charge is 0.251 e. The Morgan fingerprint density at radius 1 is 0.935 bits per heavy atom. The van der Waals surface area contributed by atoms with Crippen LogP contribution in [0.3, 0.4) is 0 Å². The summed E-state index contributed by atoms with van der Waals surface area (Å²) < 4.78 is 40.7. The van der Waals surface area contributed by atoms with Crippen LogP contribution in [0.1, 0.15) is 6.42 Å². The van der Waals surface area contributed by atoms with Crippen LogP contribution in [-0.2, 0) is 19.6 Å². The molecule has 2 saturated heterocycles. The first kappa shape index (κ1) is 22.2. The van der Waals surface area contributed by atoms with Gasteiger partial charge in [-0.15, -0.1) is 0 Å². The average molecular weight is 486 g/mol. The van der Waals surface area contributed by atoms with Crippen molar-refractivity contribution in [2.75, 3.05) is 31.1 Å². The maximum Gasteiger partial charge on any atom is 0.251 e. The van der Waals surface area contributed by atoms with E-state index in [1.165, 1.54) is 22.5 Å². The van der Waals surface area contributed by atoms with Crippen molar-refractivity contribution in [3.63, 3.8) is 0 Å². The predicted molar refractivity (Wildman–Crippen MR) is 114 cm³/mol. The van der Waals surface area contributed by atoms with Crippen molar-refractivity contribution in [3.05, 3.63) is 58.3 Å².